The fraction of sp³-hybridized carbons (Fsp3) is 0.278. The van der Waals surface area contributed by atoms with Gasteiger partial charge in [-0.1, -0.05) is 23.5 Å². The lowest BCUT2D eigenvalue weighted by molar-refractivity contribution is 0.0636. The molecule has 1 aromatic carbocycles. The number of nitrogens with zero attached hydrogens (tertiary/aromatic N) is 2. The van der Waals surface area contributed by atoms with Crippen LogP contribution in [0.1, 0.15) is 20.8 Å². The number of para-hydroxylation sites is 1. The van der Waals surface area contributed by atoms with E-state index in [-0.39, 0.29) is 0 Å². The zero-order valence-electron chi connectivity index (χ0n) is 14.5. The van der Waals surface area contributed by atoms with E-state index in [2.05, 4.69) is 15.3 Å². The molecule has 0 radical (unpaired) electrons. The highest BCUT2D eigenvalue weighted by Crippen LogP contribution is 2.32. The largest absolute Gasteiger partial charge is 0.496 e. The van der Waals surface area contributed by atoms with Gasteiger partial charge in [0.25, 0.3) is 0 Å². The number of nitrogens with one attached hydrogen (secondary N) is 1. The second-order valence-electron chi connectivity index (χ2n) is 6.37. The molecule has 0 bridgehead atoms. The number of aromatic nitrogens is 2. The summed E-state index contributed by atoms with van der Waals surface area (Å²) in [5.41, 5.74) is 1.85. The Bertz CT molecular complexity index is 915. The first-order valence-electron chi connectivity index (χ1n) is 7.77. The number of carbonyl (C=O) groups is 1. The Morgan fingerprint density at radius 1 is 1.12 bits per heavy atom. The molecule has 3 aromatic rings. The lowest BCUT2D eigenvalue weighted by Gasteiger charge is -2.18. The van der Waals surface area contributed by atoms with Gasteiger partial charge in [-0.05, 0) is 45.0 Å². The Morgan fingerprint density at radius 3 is 2.60 bits per heavy atom. The second-order valence-corrected chi connectivity index (χ2v) is 7.34. The van der Waals surface area contributed by atoms with Crippen LogP contribution in [0.25, 0.3) is 21.6 Å². The zero-order valence-corrected chi connectivity index (χ0v) is 15.3. The van der Waals surface area contributed by atoms with Crippen LogP contribution in [-0.4, -0.2) is 28.8 Å². The van der Waals surface area contributed by atoms with Crippen LogP contribution in [0.4, 0.5) is 9.93 Å². The molecule has 0 aliphatic carbocycles. The first kappa shape index (κ1) is 17.2. The summed E-state index contributed by atoms with van der Waals surface area (Å²) < 4.78 is 10.6. The molecule has 1 N–H and O–H groups in total. The van der Waals surface area contributed by atoms with Crippen molar-refractivity contribution in [2.45, 2.75) is 26.4 Å². The van der Waals surface area contributed by atoms with Gasteiger partial charge in [-0.2, -0.15) is 0 Å². The molecule has 1 amide bonds. The van der Waals surface area contributed by atoms with Gasteiger partial charge in [-0.15, -0.1) is 0 Å². The van der Waals surface area contributed by atoms with Gasteiger partial charge >= 0.3 is 6.09 Å². The lowest BCUT2D eigenvalue weighted by atomic mass is 10.1. The number of amides is 1. The summed E-state index contributed by atoms with van der Waals surface area (Å²) in [7, 11) is 1.63. The standard InChI is InChI=1S/C18H19N3O3S/c1-18(2,3)24-17(22)21-16-20-13-10-9-12(19-15(13)25-16)11-7-5-6-8-14(11)23-4/h5-10H,1-4H3,(H,20,21,22). The molecule has 25 heavy (non-hydrogen) atoms. The van der Waals surface area contributed by atoms with Gasteiger partial charge in [0.2, 0.25) is 0 Å². The predicted octanol–water partition coefficient (Wildman–Crippen LogP) is 4.71. The van der Waals surface area contributed by atoms with E-state index in [0.29, 0.717) is 5.13 Å². The minimum Gasteiger partial charge on any atom is -0.496 e. The number of carbonyl (C=O) groups excluding carboxylic acids is 1. The van der Waals surface area contributed by atoms with Gasteiger partial charge in [-0.3, -0.25) is 5.32 Å². The number of thiazole rings is 1. The maximum Gasteiger partial charge on any atom is 0.413 e. The molecule has 3 rings (SSSR count). The fourth-order valence-corrected chi connectivity index (χ4v) is 3.09. The van der Waals surface area contributed by atoms with Crippen molar-refractivity contribution in [1.82, 2.24) is 9.97 Å². The summed E-state index contributed by atoms with van der Waals surface area (Å²) in [5, 5.41) is 3.10. The van der Waals surface area contributed by atoms with Crippen molar-refractivity contribution in [2.75, 3.05) is 12.4 Å². The van der Waals surface area contributed by atoms with Crippen LogP contribution in [-0.2, 0) is 4.74 Å². The highest BCUT2D eigenvalue weighted by molar-refractivity contribution is 7.21. The van der Waals surface area contributed by atoms with E-state index < -0.39 is 11.7 Å². The van der Waals surface area contributed by atoms with Crippen LogP contribution in [0, 0.1) is 0 Å². The number of benzene rings is 1. The summed E-state index contributed by atoms with van der Waals surface area (Å²) in [6.07, 6.45) is -0.531. The minimum absolute atomic E-state index is 0.453. The van der Waals surface area contributed by atoms with Gasteiger partial charge in [0, 0.05) is 5.56 Å². The summed E-state index contributed by atoms with van der Waals surface area (Å²) in [6, 6.07) is 11.5. The monoisotopic (exact) mass is 357 g/mol. The van der Waals surface area contributed by atoms with Gasteiger partial charge in [-0.25, -0.2) is 14.8 Å². The Morgan fingerprint density at radius 2 is 1.88 bits per heavy atom. The van der Waals surface area contributed by atoms with Crippen molar-refractivity contribution in [1.29, 1.82) is 0 Å². The third kappa shape index (κ3) is 4.06. The van der Waals surface area contributed by atoms with Crippen LogP contribution in [0.2, 0.25) is 0 Å². The molecule has 0 fully saturated rings. The van der Waals surface area contributed by atoms with Gasteiger partial charge in [0.1, 0.15) is 21.7 Å². The van der Waals surface area contributed by atoms with Crippen molar-refractivity contribution in [2.24, 2.45) is 0 Å². The first-order chi connectivity index (χ1) is 11.9. The lowest BCUT2D eigenvalue weighted by Crippen LogP contribution is -2.27. The number of hydrogen-bond donors (Lipinski definition) is 1. The normalized spacial score (nSPS) is 11.4. The molecule has 0 spiro atoms. The number of fused-ring (bicyclic) bond motifs is 1. The maximum absolute atomic E-state index is 11.9. The van der Waals surface area contributed by atoms with Crippen molar-refractivity contribution >= 4 is 32.9 Å². The van der Waals surface area contributed by atoms with Crippen molar-refractivity contribution < 1.29 is 14.3 Å². The van der Waals surface area contributed by atoms with Crippen molar-refractivity contribution in [3.8, 4) is 17.0 Å². The molecule has 130 valence electrons. The van der Waals surface area contributed by atoms with E-state index in [1.54, 1.807) is 7.11 Å². The quantitative estimate of drug-likeness (QED) is 0.734. The maximum atomic E-state index is 11.9. The smallest absolute Gasteiger partial charge is 0.413 e. The molecule has 2 heterocycles. The molecule has 0 saturated heterocycles. The molecule has 0 aliphatic heterocycles. The summed E-state index contributed by atoms with van der Waals surface area (Å²) >= 11 is 1.30. The average molecular weight is 357 g/mol. The Kier molecular flexibility index (Phi) is 4.59. The average Bonchev–Trinajstić information content (AvgIpc) is 2.93. The van der Waals surface area contributed by atoms with Crippen molar-refractivity contribution in [3.63, 3.8) is 0 Å². The van der Waals surface area contributed by atoms with Crippen molar-refractivity contribution in [3.05, 3.63) is 36.4 Å². The molecular weight excluding hydrogens is 338 g/mol. The number of rotatable bonds is 3. The summed E-state index contributed by atoms with van der Waals surface area (Å²) in [4.78, 5) is 21.6. The number of hydrogen-bond acceptors (Lipinski definition) is 6. The van der Waals surface area contributed by atoms with E-state index >= 15 is 0 Å². The number of methoxy groups -OCH3 is 1. The van der Waals surface area contributed by atoms with E-state index in [9.17, 15) is 4.79 Å². The van der Waals surface area contributed by atoms with E-state index in [1.807, 2.05) is 57.2 Å². The first-order valence-corrected chi connectivity index (χ1v) is 8.58. The molecule has 0 aliphatic rings. The zero-order chi connectivity index (χ0) is 18.0. The predicted molar refractivity (Wildman–Crippen MR) is 99.3 cm³/mol. The molecule has 0 atom stereocenters. The van der Waals surface area contributed by atoms with Gasteiger partial charge < -0.3 is 9.47 Å². The van der Waals surface area contributed by atoms with E-state index in [0.717, 1.165) is 27.4 Å². The number of ether oxygens (including phenoxy) is 2. The minimum atomic E-state index is -0.559. The fourth-order valence-electron chi connectivity index (χ4n) is 2.27. The third-order valence-corrected chi connectivity index (χ3v) is 4.13. The summed E-state index contributed by atoms with van der Waals surface area (Å²) in [5.74, 6) is 0.756. The molecule has 6 nitrogen and oxygen atoms in total. The van der Waals surface area contributed by atoms with E-state index in [4.69, 9.17) is 9.47 Å². The highest BCUT2D eigenvalue weighted by Gasteiger charge is 2.18. The topological polar surface area (TPSA) is 73.3 Å². The molecule has 7 heteroatoms. The SMILES string of the molecule is COc1ccccc1-c1ccc2nc(NC(=O)OC(C)(C)C)sc2n1. The Balaban J connectivity index is 1.88. The summed E-state index contributed by atoms with van der Waals surface area (Å²) in [6.45, 7) is 5.43. The van der Waals surface area contributed by atoms with Gasteiger partial charge in [0.15, 0.2) is 5.13 Å². The van der Waals surface area contributed by atoms with Crippen LogP contribution in [0.15, 0.2) is 36.4 Å². The van der Waals surface area contributed by atoms with Crippen LogP contribution < -0.4 is 10.1 Å². The molecule has 0 saturated carbocycles. The highest BCUT2D eigenvalue weighted by atomic mass is 32.1. The number of anilines is 1. The second kappa shape index (κ2) is 6.68. The van der Waals surface area contributed by atoms with Crippen LogP contribution >= 0.6 is 11.3 Å². The Hall–Kier alpha value is -2.67. The van der Waals surface area contributed by atoms with Crippen LogP contribution in [0.3, 0.4) is 0 Å². The molecule has 2 aromatic heterocycles. The third-order valence-electron chi connectivity index (χ3n) is 3.25. The van der Waals surface area contributed by atoms with Crippen LogP contribution in [0.5, 0.6) is 5.75 Å². The molecular formula is C18H19N3O3S. The molecule has 0 unspecified atom stereocenters. The van der Waals surface area contributed by atoms with E-state index in [1.165, 1.54) is 11.3 Å². The number of pyridine rings is 1. The Labute approximate surface area is 149 Å². The van der Waals surface area contributed by atoms with Gasteiger partial charge in [0.05, 0.1) is 12.8 Å².